The van der Waals surface area contributed by atoms with Crippen molar-refractivity contribution >= 4 is 11.8 Å². The number of rotatable bonds is 9. The van der Waals surface area contributed by atoms with Crippen LogP contribution >= 0.6 is 11.8 Å². The Hall–Kier alpha value is -0.540. The standard InChI is InChI=1S/C16H26FNS/c1-4-9-18-15(12-19-11-13(2)3)10-14-7-5-6-8-16(14)17/h5-8,13,15,18H,4,9-12H2,1-3H3. The van der Waals surface area contributed by atoms with E-state index in [1.807, 2.05) is 23.9 Å². The third kappa shape index (κ3) is 6.98. The van der Waals surface area contributed by atoms with Crippen molar-refractivity contribution in [3.05, 3.63) is 35.6 Å². The molecule has 1 atom stereocenters. The van der Waals surface area contributed by atoms with E-state index in [4.69, 9.17) is 0 Å². The number of benzene rings is 1. The summed E-state index contributed by atoms with van der Waals surface area (Å²) in [6, 6.07) is 7.47. The van der Waals surface area contributed by atoms with Crippen molar-refractivity contribution in [2.45, 2.75) is 39.7 Å². The lowest BCUT2D eigenvalue weighted by molar-refractivity contribution is 0.530. The molecule has 1 N–H and O–H groups in total. The molecular formula is C16H26FNS. The highest BCUT2D eigenvalue weighted by Crippen LogP contribution is 2.14. The first-order valence-electron chi connectivity index (χ1n) is 7.18. The lowest BCUT2D eigenvalue weighted by Crippen LogP contribution is -2.34. The van der Waals surface area contributed by atoms with Gasteiger partial charge in [0.2, 0.25) is 0 Å². The van der Waals surface area contributed by atoms with Gasteiger partial charge in [0.25, 0.3) is 0 Å². The van der Waals surface area contributed by atoms with Crippen molar-refractivity contribution in [3.63, 3.8) is 0 Å². The first kappa shape index (κ1) is 16.5. The third-order valence-corrected chi connectivity index (χ3v) is 4.42. The van der Waals surface area contributed by atoms with Crippen LogP contribution in [-0.4, -0.2) is 24.1 Å². The smallest absolute Gasteiger partial charge is 0.126 e. The largest absolute Gasteiger partial charge is 0.313 e. The zero-order valence-corrected chi connectivity index (χ0v) is 13.1. The Morgan fingerprint density at radius 1 is 1.21 bits per heavy atom. The van der Waals surface area contributed by atoms with E-state index >= 15 is 0 Å². The molecule has 108 valence electrons. The van der Waals surface area contributed by atoms with Crippen LogP contribution in [0.4, 0.5) is 4.39 Å². The molecule has 1 rings (SSSR count). The van der Waals surface area contributed by atoms with Gasteiger partial charge in [0.1, 0.15) is 5.82 Å². The third-order valence-electron chi connectivity index (χ3n) is 2.88. The minimum Gasteiger partial charge on any atom is -0.313 e. The molecule has 0 spiro atoms. The van der Waals surface area contributed by atoms with E-state index in [9.17, 15) is 4.39 Å². The summed E-state index contributed by atoms with van der Waals surface area (Å²) in [5.41, 5.74) is 0.821. The minimum atomic E-state index is -0.0836. The number of thioether (sulfide) groups is 1. The maximum Gasteiger partial charge on any atom is 0.126 e. The second-order valence-electron chi connectivity index (χ2n) is 5.38. The lowest BCUT2D eigenvalue weighted by Gasteiger charge is -2.19. The van der Waals surface area contributed by atoms with E-state index in [1.165, 1.54) is 5.75 Å². The summed E-state index contributed by atoms with van der Waals surface area (Å²) in [4.78, 5) is 0. The Morgan fingerprint density at radius 2 is 1.95 bits per heavy atom. The Morgan fingerprint density at radius 3 is 2.58 bits per heavy atom. The van der Waals surface area contributed by atoms with Crippen LogP contribution in [0.2, 0.25) is 0 Å². The lowest BCUT2D eigenvalue weighted by atomic mass is 10.1. The molecule has 0 radical (unpaired) electrons. The fourth-order valence-corrected chi connectivity index (χ4v) is 3.04. The maximum atomic E-state index is 13.7. The van der Waals surface area contributed by atoms with E-state index in [-0.39, 0.29) is 5.82 Å². The number of hydrogen-bond acceptors (Lipinski definition) is 2. The Labute approximate surface area is 121 Å². The maximum absolute atomic E-state index is 13.7. The van der Waals surface area contributed by atoms with Gasteiger partial charge in [0.05, 0.1) is 0 Å². The van der Waals surface area contributed by atoms with Gasteiger partial charge in [0, 0.05) is 11.8 Å². The Kier molecular flexibility index (Phi) is 8.15. The molecule has 0 aliphatic carbocycles. The minimum absolute atomic E-state index is 0.0836. The van der Waals surface area contributed by atoms with Crippen LogP contribution in [0.5, 0.6) is 0 Å². The number of hydrogen-bond donors (Lipinski definition) is 1. The van der Waals surface area contributed by atoms with Gasteiger partial charge in [-0.3, -0.25) is 0 Å². The normalized spacial score (nSPS) is 12.9. The van der Waals surface area contributed by atoms with Crippen LogP contribution in [0, 0.1) is 11.7 Å². The summed E-state index contributed by atoms with van der Waals surface area (Å²) in [7, 11) is 0. The number of nitrogens with one attached hydrogen (secondary N) is 1. The van der Waals surface area contributed by atoms with Crippen LogP contribution in [0.1, 0.15) is 32.8 Å². The summed E-state index contributed by atoms with van der Waals surface area (Å²) in [5, 5.41) is 3.53. The SMILES string of the molecule is CCCNC(CSCC(C)C)Cc1ccccc1F. The number of halogens is 1. The highest BCUT2D eigenvalue weighted by atomic mass is 32.2. The Balaban J connectivity index is 2.51. The fraction of sp³-hybridized carbons (Fsp3) is 0.625. The average molecular weight is 283 g/mol. The Bertz CT molecular complexity index is 354. The van der Waals surface area contributed by atoms with Crippen LogP contribution in [0.15, 0.2) is 24.3 Å². The molecule has 0 aliphatic rings. The summed E-state index contributed by atoms with van der Waals surface area (Å²) in [5.74, 6) is 2.85. The molecule has 1 unspecified atom stereocenters. The molecular weight excluding hydrogens is 257 g/mol. The average Bonchev–Trinajstić information content (AvgIpc) is 2.37. The molecule has 1 aromatic rings. The van der Waals surface area contributed by atoms with Crippen LogP contribution in [0.25, 0.3) is 0 Å². The molecule has 0 aromatic heterocycles. The highest BCUT2D eigenvalue weighted by Gasteiger charge is 2.12. The van der Waals surface area contributed by atoms with Crippen molar-refractivity contribution < 1.29 is 4.39 Å². The summed E-state index contributed by atoms with van der Waals surface area (Å²) in [6.45, 7) is 7.63. The zero-order chi connectivity index (χ0) is 14.1. The molecule has 1 nitrogen and oxygen atoms in total. The summed E-state index contributed by atoms with van der Waals surface area (Å²) in [6.07, 6.45) is 1.89. The first-order valence-corrected chi connectivity index (χ1v) is 8.33. The van der Waals surface area contributed by atoms with Gasteiger partial charge >= 0.3 is 0 Å². The topological polar surface area (TPSA) is 12.0 Å². The van der Waals surface area contributed by atoms with Gasteiger partial charge < -0.3 is 5.32 Å². The van der Waals surface area contributed by atoms with E-state index in [0.29, 0.717) is 12.0 Å². The van der Waals surface area contributed by atoms with Crippen molar-refractivity contribution in [2.24, 2.45) is 5.92 Å². The van der Waals surface area contributed by atoms with E-state index < -0.39 is 0 Å². The molecule has 0 heterocycles. The second-order valence-corrected chi connectivity index (χ2v) is 6.45. The van der Waals surface area contributed by atoms with Crippen LogP contribution in [0.3, 0.4) is 0 Å². The molecule has 0 aliphatic heterocycles. The van der Waals surface area contributed by atoms with Crippen LogP contribution < -0.4 is 5.32 Å². The van der Waals surface area contributed by atoms with Gasteiger partial charge in [-0.05, 0) is 42.7 Å². The van der Waals surface area contributed by atoms with E-state index in [2.05, 4.69) is 26.1 Å². The van der Waals surface area contributed by atoms with Gasteiger partial charge in [-0.25, -0.2) is 4.39 Å². The summed E-state index contributed by atoms with van der Waals surface area (Å²) >= 11 is 1.96. The zero-order valence-electron chi connectivity index (χ0n) is 12.3. The second kappa shape index (κ2) is 9.38. The first-order chi connectivity index (χ1) is 9.13. The summed E-state index contributed by atoms with van der Waals surface area (Å²) < 4.78 is 13.7. The fourth-order valence-electron chi connectivity index (χ4n) is 1.91. The molecule has 0 fully saturated rings. The van der Waals surface area contributed by atoms with Gasteiger partial charge in [-0.2, -0.15) is 11.8 Å². The van der Waals surface area contributed by atoms with Crippen molar-refractivity contribution in [1.82, 2.24) is 5.32 Å². The molecule has 0 bridgehead atoms. The molecule has 1 aromatic carbocycles. The van der Waals surface area contributed by atoms with Crippen LogP contribution in [-0.2, 0) is 6.42 Å². The van der Waals surface area contributed by atoms with Gasteiger partial charge in [-0.1, -0.05) is 39.0 Å². The van der Waals surface area contributed by atoms with Gasteiger partial charge in [-0.15, -0.1) is 0 Å². The molecule has 19 heavy (non-hydrogen) atoms. The van der Waals surface area contributed by atoms with Crippen molar-refractivity contribution in [2.75, 3.05) is 18.1 Å². The highest BCUT2D eigenvalue weighted by molar-refractivity contribution is 7.99. The molecule has 0 saturated heterocycles. The van der Waals surface area contributed by atoms with E-state index in [0.717, 1.165) is 30.7 Å². The van der Waals surface area contributed by atoms with E-state index in [1.54, 1.807) is 12.1 Å². The van der Waals surface area contributed by atoms with Crippen molar-refractivity contribution in [3.8, 4) is 0 Å². The molecule has 0 saturated carbocycles. The van der Waals surface area contributed by atoms with Crippen molar-refractivity contribution in [1.29, 1.82) is 0 Å². The van der Waals surface area contributed by atoms with Gasteiger partial charge in [0.15, 0.2) is 0 Å². The monoisotopic (exact) mass is 283 g/mol. The predicted molar refractivity (Wildman–Crippen MR) is 84.3 cm³/mol. The predicted octanol–water partition coefficient (Wildman–Crippen LogP) is 4.13. The quantitative estimate of drug-likeness (QED) is 0.731. The molecule has 0 amide bonds. The molecule has 3 heteroatoms.